The van der Waals surface area contributed by atoms with Gasteiger partial charge in [0, 0.05) is 11.2 Å². The molecule has 1 aromatic carbocycles. The van der Waals surface area contributed by atoms with Gasteiger partial charge in [-0.15, -0.1) is 0 Å². The third-order valence-corrected chi connectivity index (χ3v) is 2.82. The van der Waals surface area contributed by atoms with E-state index in [-0.39, 0.29) is 5.54 Å². The third-order valence-electron chi connectivity index (χ3n) is 2.82. The van der Waals surface area contributed by atoms with Gasteiger partial charge in [-0.25, -0.2) is 0 Å². The SMILES string of the molecule is CCNC(C)(C)c1cc2ccccc2[nH]1. The highest BCUT2D eigenvalue weighted by Gasteiger charge is 2.20. The van der Waals surface area contributed by atoms with E-state index in [1.807, 2.05) is 0 Å². The third kappa shape index (κ3) is 1.90. The Bertz CT molecular complexity index is 421. The predicted molar refractivity (Wildman–Crippen MR) is 65.0 cm³/mol. The number of H-pyrrole nitrogens is 1. The van der Waals surface area contributed by atoms with Gasteiger partial charge >= 0.3 is 0 Å². The zero-order chi connectivity index (χ0) is 10.9. The summed E-state index contributed by atoms with van der Waals surface area (Å²) in [5, 5.41) is 4.74. The number of benzene rings is 1. The average Bonchev–Trinajstić information content (AvgIpc) is 2.61. The van der Waals surface area contributed by atoms with E-state index >= 15 is 0 Å². The Morgan fingerprint density at radius 2 is 2.00 bits per heavy atom. The molecule has 2 rings (SSSR count). The highest BCUT2D eigenvalue weighted by molar-refractivity contribution is 5.80. The number of aromatic nitrogens is 1. The molecule has 0 aliphatic rings. The monoisotopic (exact) mass is 202 g/mol. The van der Waals surface area contributed by atoms with Crippen molar-refractivity contribution in [3.05, 3.63) is 36.0 Å². The molecule has 0 aliphatic heterocycles. The number of hydrogen-bond donors (Lipinski definition) is 2. The van der Waals surface area contributed by atoms with E-state index in [9.17, 15) is 0 Å². The van der Waals surface area contributed by atoms with E-state index < -0.39 is 0 Å². The second-order valence-electron chi connectivity index (χ2n) is 4.43. The Hall–Kier alpha value is -1.28. The topological polar surface area (TPSA) is 27.8 Å². The Labute approximate surface area is 90.7 Å². The predicted octanol–water partition coefficient (Wildman–Crippen LogP) is 3.01. The first-order chi connectivity index (χ1) is 7.13. The number of aromatic amines is 1. The lowest BCUT2D eigenvalue weighted by Crippen LogP contribution is -2.36. The van der Waals surface area contributed by atoms with Gasteiger partial charge in [0.25, 0.3) is 0 Å². The minimum atomic E-state index is 0.00771. The molecule has 0 saturated heterocycles. The van der Waals surface area contributed by atoms with E-state index in [1.165, 1.54) is 16.6 Å². The van der Waals surface area contributed by atoms with Gasteiger partial charge in [0.15, 0.2) is 0 Å². The molecule has 2 nitrogen and oxygen atoms in total. The summed E-state index contributed by atoms with van der Waals surface area (Å²) in [5.41, 5.74) is 2.46. The van der Waals surface area contributed by atoms with Crippen LogP contribution in [0.3, 0.4) is 0 Å². The lowest BCUT2D eigenvalue weighted by Gasteiger charge is -2.24. The van der Waals surface area contributed by atoms with Crippen molar-refractivity contribution in [2.45, 2.75) is 26.3 Å². The summed E-state index contributed by atoms with van der Waals surface area (Å²) in [5.74, 6) is 0. The first-order valence-electron chi connectivity index (χ1n) is 5.47. The van der Waals surface area contributed by atoms with Gasteiger partial charge in [-0.05, 0) is 37.9 Å². The molecule has 0 fully saturated rings. The lowest BCUT2D eigenvalue weighted by molar-refractivity contribution is 0.407. The van der Waals surface area contributed by atoms with Gasteiger partial charge in [-0.1, -0.05) is 25.1 Å². The fraction of sp³-hybridized carbons (Fsp3) is 0.385. The summed E-state index contributed by atoms with van der Waals surface area (Å²) < 4.78 is 0. The Morgan fingerprint density at radius 1 is 1.27 bits per heavy atom. The van der Waals surface area contributed by atoms with Crippen LogP contribution in [0, 0.1) is 0 Å². The van der Waals surface area contributed by atoms with Crippen molar-refractivity contribution in [1.82, 2.24) is 10.3 Å². The molecule has 0 radical (unpaired) electrons. The van der Waals surface area contributed by atoms with Crippen molar-refractivity contribution in [3.63, 3.8) is 0 Å². The normalized spacial score (nSPS) is 12.2. The molecule has 2 heteroatoms. The van der Waals surface area contributed by atoms with Gasteiger partial charge in [0.1, 0.15) is 0 Å². The molecule has 2 aromatic rings. The van der Waals surface area contributed by atoms with Crippen molar-refractivity contribution in [2.24, 2.45) is 0 Å². The highest BCUT2D eigenvalue weighted by atomic mass is 15.0. The van der Waals surface area contributed by atoms with Crippen LogP contribution >= 0.6 is 0 Å². The number of rotatable bonds is 3. The molecule has 0 atom stereocenters. The number of para-hydroxylation sites is 1. The van der Waals surface area contributed by atoms with Crippen LogP contribution in [0.15, 0.2) is 30.3 Å². The molecular formula is C13H18N2. The van der Waals surface area contributed by atoms with Crippen LogP contribution in [0.4, 0.5) is 0 Å². The molecule has 0 amide bonds. The minimum absolute atomic E-state index is 0.00771. The average molecular weight is 202 g/mol. The fourth-order valence-electron chi connectivity index (χ4n) is 1.95. The number of hydrogen-bond acceptors (Lipinski definition) is 1. The maximum atomic E-state index is 3.47. The molecule has 1 aromatic heterocycles. The maximum absolute atomic E-state index is 3.47. The van der Waals surface area contributed by atoms with Crippen molar-refractivity contribution < 1.29 is 0 Å². The van der Waals surface area contributed by atoms with Crippen LogP contribution in [0.1, 0.15) is 26.5 Å². The molecular weight excluding hydrogens is 184 g/mol. The van der Waals surface area contributed by atoms with Crippen molar-refractivity contribution in [3.8, 4) is 0 Å². The highest BCUT2D eigenvalue weighted by Crippen LogP contribution is 2.23. The zero-order valence-electron chi connectivity index (χ0n) is 9.59. The molecule has 0 aliphatic carbocycles. The molecule has 0 unspecified atom stereocenters. The second kappa shape index (κ2) is 3.70. The van der Waals surface area contributed by atoms with Gasteiger partial charge in [0.2, 0.25) is 0 Å². The quantitative estimate of drug-likeness (QED) is 0.786. The smallest absolute Gasteiger partial charge is 0.0529 e. The molecule has 0 saturated carbocycles. The maximum Gasteiger partial charge on any atom is 0.0529 e. The Kier molecular flexibility index (Phi) is 2.53. The Morgan fingerprint density at radius 3 is 2.67 bits per heavy atom. The molecule has 1 heterocycles. The summed E-state index contributed by atoms with van der Waals surface area (Å²) in [4.78, 5) is 3.46. The molecule has 80 valence electrons. The molecule has 2 N–H and O–H groups in total. The van der Waals surface area contributed by atoms with E-state index in [0.29, 0.717) is 0 Å². The number of fused-ring (bicyclic) bond motifs is 1. The van der Waals surface area contributed by atoms with Gasteiger partial charge in [-0.3, -0.25) is 0 Å². The minimum Gasteiger partial charge on any atom is -0.357 e. The molecule has 0 spiro atoms. The van der Waals surface area contributed by atoms with Crippen LogP contribution in [-0.4, -0.2) is 11.5 Å². The first kappa shape index (κ1) is 10.2. The van der Waals surface area contributed by atoms with Crippen molar-refractivity contribution in [2.75, 3.05) is 6.54 Å². The first-order valence-corrected chi connectivity index (χ1v) is 5.47. The lowest BCUT2D eigenvalue weighted by atomic mass is 10.0. The summed E-state index contributed by atoms with van der Waals surface area (Å²) in [6.45, 7) is 7.50. The van der Waals surface area contributed by atoms with Crippen LogP contribution in [-0.2, 0) is 5.54 Å². The standard InChI is InChI=1S/C13H18N2/c1-4-14-13(2,3)12-9-10-7-5-6-8-11(10)15-12/h5-9,14-15H,4H2,1-3H3. The van der Waals surface area contributed by atoms with Crippen LogP contribution < -0.4 is 5.32 Å². The van der Waals surface area contributed by atoms with Crippen LogP contribution in [0.25, 0.3) is 10.9 Å². The molecule has 0 bridgehead atoms. The van der Waals surface area contributed by atoms with E-state index in [4.69, 9.17) is 0 Å². The fourth-order valence-corrected chi connectivity index (χ4v) is 1.95. The van der Waals surface area contributed by atoms with E-state index in [0.717, 1.165) is 6.54 Å². The van der Waals surface area contributed by atoms with E-state index in [2.05, 4.69) is 61.4 Å². The summed E-state index contributed by atoms with van der Waals surface area (Å²) in [6, 6.07) is 10.6. The van der Waals surface area contributed by atoms with Crippen molar-refractivity contribution >= 4 is 10.9 Å². The summed E-state index contributed by atoms with van der Waals surface area (Å²) in [6.07, 6.45) is 0. The zero-order valence-corrected chi connectivity index (χ0v) is 9.59. The second-order valence-corrected chi connectivity index (χ2v) is 4.43. The van der Waals surface area contributed by atoms with Crippen LogP contribution in [0.5, 0.6) is 0 Å². The largest absolute Gasteiger partial charge is 0.357 e. The van der Waals surface area contributed by atoms with E-state index in [1.54, 1.807) is 0 Å². The van der Waals surface area contributed by atoms with Gasteiger partial charge in [-0.2, -0.15) is 0 Å². The summed E-state index contributed by atoms with van der Waals surface area (Å²) >= 11 is 0. The van der Waals surface area contributed by atoms with Crippen LogP contribution in [0.2, 0.25) is 0 Å². The number of nitrogens with one attached hydrogen (secondary N) is 2. The van der Waals surface area contributed by atoms with Crippen molar-refractivity contribution in [1.29, 1.82) is 0 Å². The Balaban J connectivity index is 2.44. The molecule has 15 heavy (non-hydrogen) atoms. The summed E-state index contributed by atoms with van der Waals surface area (Å²) in [7, 11) is 0. The van der Waals surface area contributed by atoms with Gasteiger partial charge < -0.3 is 10.3 Å². The van der Waals surface area contributed by atoms with Gasteiger partial charge in [0.05, 0.1) is 5.54 Å².